The Balaban J connectivity index is 2.27. The fourth-order valence-electron chi connectivity index (χ4n) is 1.54. The summed E-state index contributed by atoms with van der Waals surface area (Å²) < 4.78 is 0. The first kappa shape index (κ1) is 14.1. The van der Waals surface area contributed by atoms with Crippen molar-refractivity contribution in [3.05, 3.63) is 56.2 Å². The molecule has 1 heterocycles. The zero-order valence-electron chi connectivity index (χ0n) is 10.5. The molecule has 0 aliphatic carbocycles. The minimum Gasteiger partial charge on any atom is -0.494 e. The molecule has 0 bridgehead atoms. The number of hydrazone groups is 1. The van der Waals surface area contributed by atoms with E-state index in [0.717, 1.165) is 6.21 Å². The first-order valence-electron chi connectivity index (χ1n) is 5.66. The van der Waals surface area contributed by atoms with Gasteiger partial charge in [-0.15, -0.1) is 0 Å². The molecule has 9 nitrogen and oxygen atoms in total. The van der Waals surface area contributed by atoms with Gasteiger partial charge in [-0.25, -0.2) is 9.59 Å². The summed E-state index contributed by atoms with van der Waals surface area (Å²) in [7, 11) is 0. The number of aromatic carboxylic acids is 1. The Morgan fingerprint density at radius 1 is 1.24 bits per heavy atom. The first-order chi connectivity index (χ1) is 9.99. The molecule has 1 aromatic heterocycles. The van der Waals surface area contributed by atoms with Crippen molar-refractivity contribution >= 4 is 17.9 Å². The Morgan fingerprint density at radius 2 is 1.95 bits per heavy atom. The van der Waals surface area contributed by atoms with Crippen molar-refractivity contribution in [1.82, 2.24) is 9.97 Å². The summed E-state index contributed by atoms with van der Waals surface area (Å²) >= 11 is 0. The van der Waals surface area contributed by atoms with Crippen LogP contribution in [0.2, 0.25) is 0 Å². The third-order valence-corrected chi connectivity index (χ3v) is 2.49. The standard InChI is InChI=1S/C12H10N4O5/c17-9-7(10(18)15-12(21)14-9)5-13-16-8-4-2-1-3-6(8)11(19)20/h1-5,16H,(H,19,20)(H3,14,15,17,18,21)/b13-5+. The second-order valence-corrected chi connectivity index (χ2v) is 3.89. The van der Waals surface area contributed by atoms with Crippen molar-refractivity contribution in [2.24, 2.45) is 5.10 Å². The van der Waals surface area contributed by atoms with E-state index in [0.29, 0.717) is 0 Å². The van der Waals surface area contributed by atoms with Crippen LogP contribution < -0.4 is 16.7 Å². The zero-order valence-corrected chi connectivity index (χ0v) is 10.5. The summed E-state index contributed by atoms with van der Waals surface area (Å²) in [6.45, 7) is 0. The lowest BCUT2D eigenvalue weighted by Gasteiger charge is -2.04. The van der Waals surface area contributed by atoms with E-state index < -0.39 is 23.1 Å². The number of rotatable bonds is 4. The van der Waals surface area contributed by atoms with E-state index in [-0.39, 0.29) is 16.8 Å². The average molecular weight is 290 g/mol. The van der Waals surface area contributed by atoms with Crippen molar-refractivity contribution < 1.29 is 15.0 Å². The van der Waals surface area contributed by atoms with Gasteiger partial charge in [0.2, 0.25) is 5.88 Å². The molecule has 0 spiro atoms. The van der Waals surface area contributed by atoms with Gasteiger partial charge in [-0.1, -0.05) is 12.1 Å². The average Bonchev–Trinajstić information content (AvgIpc) is 2.42. The number of anilines is 1. The van der Waals surface area contributed by atoms with Gasteiger partial charge in [0.1, 0.15) is 5.56 Å². The molecule has 0 saturated carbocycles. The smallest absolute Gasteiger partial charge is 0.337 e. The molecule has 0 amide bonds. The maximum Gasteiger partial charge on any atom is 0.337 e. The molecule has 2 aromatic rings. The topological polar surface area (TPSA) is 148 Å². The zero-order chi connectivity index (χ0) is 15.4. The third kappa shape index (κ3) is 3.15. The van der Waals surface area contributed by atoms with Crippen LogP contribution in [0.4, 0.5) is 5.69 Å². The van der Waals surface area contributed by atoms with E-state index in [1.807, 2.05) is 9.97 Å². The van der Waals surface area contributed by atoms with Gasteiger partial charge in [-0.05, 0) is 12.1 Å². The number of para-hydroxylation sites is 1. The van der Waals surface area contributed by atoms with Gasteiger partial charge in [-0.2, -0.15) is 5.10 Å². The van der Waals surface area contributed by atoms with E-state index in [1.165, 1.54) is 12.1 Å². The Kier molecular flexibility index (Phi) is 3.84. The molecule has 21 heavy (non-hydrogen) atoms. The van der Waals surface area contributed by atoms with Crippen LogP contribution in [0.1, 0.15) is 15.9 Å². The number of nitrogens with zero attached hydrogens (tertiary/aromatic N) is 1. The number of carboxylic acid groups (broad SMARTS) is 1. The van der Waals surface area contributed by atoms with Crippen LogP contribution in [-0.2, 0) is 0 Å². The number of aromatic nitrogens is 2. The molecule has 0 aliphatic rings. The Hall–Kier alpha value is -3.36. The third-order valence-electron chi connectivity index (χ3n) is 2.49. The highest BCUT2D eigenvalue weighted by Gasteiger charge is 2.08. The van der Waals surface area contributed by atoms with E-state index in [9.17, 15) is 19.5 Å². The highest BCUT2D eigenvalue weighted by atomic mass is 16.4. The SMILES string of the molecule is O=C(O)c1ccccc1N/N=C/c1c(O)[nH]c(=O)[nH]c1=O. The quantitative estimate of drug-likeness (QED) is 0.392. The number of aromatic amines is 2. The van der Waals surface area contributed by atoms with E-state index in [1.54, 1.807) is 12.1 Å². The maximum absolute atomic E-state index is 11.4. The maximum atomic E-state index is 11.4. The number of carbonyl (C=O) groups is 1. The number of hydrogen-bond donors (Lipinski definition) is 5. The van der Waals surface area contributed by atoms with Crippen LogP contribution in [0.3, 0.4) is 0 Å². The Bertz CT molecular complexity index is 821. The van der Waals surface area contributed by atoms with Gasteiger partial charge in [0, 0.05) is 0 Å². The first-order valence-corrected chi connectivity index (χ1v) is 5.66. The summed E-state index contributed by atoms with van der Waals surface area (Å²) in [4.78, 5) is 37.2. The highest BCUT2D eigenvalue weighted by Crippen LogP contribution is 2.14. The lowest BCUT2D eigenvalue weighted by Crippen LogP contribution is -2.25. The predicted octanol–water partition coefficient (Wildman–Crippen LogP) is -0.0870. The summed E-state index contributed by atoms with van der Waals surface area (Å²) in [5, 5.41) is 22.1. The second-order valence-electron chi connectivity index (χ2n) is 3.89. The minimum atomic E-state index is -1.14. The lowest BCUT2D eigenvalue weighted by molar-refractivity contribution is 0.0698. The number of carboxylic acids is 1. The van der Waals surface area contributed by atoms with Crippen LogP contribution in [0.15, 0.2) is 39.0 Å². The molecule has 0 atom stereocenters. The van der Waals surface area contributed by atoms with E-state index in [2.05, 4.69) is 10.5 Å². The minimum absolute atomic E-state index is 0.00532. The fraction of sp³-hybridized carbons (Fsp3) is 0. The highest BCUT2D eigenvalue weighted by molar-refractivity contribution is 5.94. The monoisotopic (exact) mass is 290 g/mol. The van der Waals surface area contributed by atoms with Crippen LogP contribution in [0.5, 0.6) is 5.88 Å². The molecule has 0 fully saturated rings. The molecular weight excluding hydrogens is 280 g/mol. The summed E-state index contributed by atoms with van der Waals surface area (Å²) in [5.74, 6) is -1.78. The molecule has 1 aromatic carbocycles. The molecule has 5 N–H and O–H groups in total. The van der Waals surface area contributed by atoms with Gasteiger partial charge in [0.05, 0.1) is 17.5 Å². The molecular formula is C12H10N4O5. The van der Waals surface area contributed by atoms with Gasteiger partial charge in [0.25, 0.3) is 5.56 Å². The van der Waals surface area contributed by atoms with Crippen LogP contribution in [0.25, 0.3) is 0 Å². The summed E-state index contributed by atoms with van der Waals surface area (Å²) in [6, 6.07) is 6.02. The van der Waals surface area contributed by atoms with Gasteiger partial charge < -0.3 is 10.2 Å². The van der Waals surface area contributed by atoms with Crippen molar-refractivity contribution in [3.63, 3.8) is 0 Å². The van der Waals surface area contributed by atoms with E-state index in [4.69, 9.17) is 5.11 Å². The Morgan fingerprint density at radius 3 is 2.62 bits per heavy atom. The van der Waals surface area contributed by atoms with Crippen molar-refractivity contribution in [3.8, 4) is 5.88 Å². The van der Waals surface area contributed by atoms with Crippen LogP contribution in [-0.4, -0.2) is 32.4 Å². The number of benzene rings is 1. The molecule has 108 valence electrons. The van der Waals surface area contributed by atoms with Crippen LogP contribution in [0, 0.1) is 0 Å². The van der Waals surface area contributed by atoms with Crippen molar-refractivity contribution in [2.75, 3.05) is 5.43 Å². The molecule has 0 radical (unpaired) electrons. The fourth-order valence-corrected chi connectivity index (χ4v) is 1.54. The molecule has 0 aliphatic heterocycles. The number of nitrogens with one attached hydrogen (secondary N) is 3. The molecule has 0 unspecified atom stereocenters. The normalized spacial score (nSPS) is 10.7. The largest absolute Gasteiger partial charge is 0.494 e. The van der Waals surface area contributed by atoms with Gasteiger partial charge in [0.15, 0.2) is 0 Å². The van der Waals surface area contributed by atoms with Gasteiger partial charge in [-0.3, -0.25) is 20.2 Å². The predicted molar refractivity (Wildman–Crippen MR) is 74.0 cm³/mol. The van der Waals surface area contributed by atoms with Crippen molar-refractivity contribution in [1.29, 1.82) is 0 Å². The number of H-pyrrole nitrogens is 2. The van der Waals surface area contributed by atoms with E-state index >= 15 is 0 Å². The van der Waals surface area contributed by atoms with Crippen molar-refractivity contribution in [2.45, 2.75) is 0 Å². The summed E-state index contributed by atoms with van der Waals surface area (Å²) in [6.07, 6.45) is 0.961. The Labute approximate surface area is 116 Å². The van der Waals surface area contributed by atoms with Gasteiger partial charge >= 0.3 is 11.7 Å². The molecule has 0 saturated heterocycles. The molecule has 2 rings (SSSR count). The lowest BCUT2D eigenvalue weighted by atomic mass is 10.2. The summed E-state index contributed by atoms with van der Waals surface area (Å²) in [5.41, 5.74) is 0.707. The number of hydrogen-bond acceptors (Lipinski definition) is 6. The number of aromatic hydroxyl groups is 1. The molecule has 9 heteroatoms. The van der Waals surface area contributed by atoms with Crippen LogP contribution >= 0.6 is 0 Å². The second kappa shape index (κ2) is 5.74.